The van der Waals surface area contributed by atoms with Crippen LogP contribution in [0.25, 0.3) is 0 Å². The average molecular weight is 177 g/mol. The van der Waals surface area contributed by atoms with Gasteiger partial charge in [0.1, 0.15) is 0 Å². The Hall–Kier alpha value is -0.890. The Morgan fingerprint density at radius 2 is 2.31 bits per heavy atom. The monoisotopic (exact) mass is 177 g/mol. The highest BCUT2D eigenvalue weighted by Gasteiger charge is 2.37. The van der Waals surface area contributed by atoms with Gasteiger partial charge in [0.15, 0.2) is 0 Å². The maximum atomic E-state index is 9.36. The van der Waals surface area contributed by atoms with Gasteiger partial charge in [-0.1, -0.05) is 6.42 Å². The normalized spacial score (nSPS) is 19.5. The summed E-state index contributed by atoms with van der Waals surface area (Å²) in [6, 6.07) is 4.12. The summed E-state index contributed by atoms with van der Waals surface area (Å²) < 4.78 is 0. The first-order valence-corrected chi connectivity index (χ1v) is 4.81. The molecule has 70 valence electrons. The lowest BCUT2D eigenvalue weighted by Crippen LogP contribution is -2.37. The largest absolute Gasteiger partial charge is 0.395 e. The number of hydrogen-bond acceptors (Lipinski definition) is 2. The van der Waals surface area contributed by atoms with Gasteiger partial charge in [-0.3, -0.25) is 4.98 Å². The van der Waals surface area contributed by atoms with Crippen LogP contribution in [0.4, 0.5) is 0 Å². The van der Waals surface area contributed by atoms with E-state index in [9.17, 15) is 5.11 Å². The molecule has 2 nitrogen and oxygen atoms in total. The minimum absolute atomic E-state index is 0.0632. The predicted octanol–water partition coefficient (Wildman–Crippen LogP) is 1.80. The molecule has 2 rings (SSSR count). The highest BCUT2D eigenvalue weighted by Crippen LogP contribution is 2.43. The number of rotatable bonds is 2. The quantitative estimate of drug-likeness (QED) is 0.747. The summed E-state index contributed by atoms with van der Waals surface area (Å²) in [7, 11) is 0. The van der Waals surface area contributed by atoms with Crippen molar-refractivity contribution in [3.05, 3.63) is 29.6 Å². The average Bonchev–Trinajstić information content (AvgIpc) is 2.03. The van der Waals surface area contributed by atoms with Crippen LogP contribution < -0.4 is 0 Å². The SMILES string of the molecule is Cc1cc(C2(CO)CCC2)ccn1. The molecule has 0 aliphatic heterocycles. The van der Waals surface area contributed by atoms with Crippen molar-refractivity contribution in [3.8, 4) is 0 Å². The lowest BCUT2D eigenvalue weighted by atomic mass is 9.65. The van der Waals surface area contributed by atoms with Crippen LogP contribution in [-0.4, -0.2) is 16.7 Å². The van der Waals surface area contributed by atoms with Crippen molar-refractivity contribution in [3.63, 3.8) is 0 Å². The van der Waals surface area contributed by atoms with Crippen LogP contribution >= 0.6 is 0 Å². The molecular formula is C11H15NO. The fourth-order valence-electron chi connectivity index (χ4n) is 2.02. The van der Waals surface area contributed by atoms with E-state index in [1.165, 1.54) is 12.0 Å². The van der Waals surface area contributed by atoms with Gasteiger partial charge >= 0.3 is 0 Å². The van der Waals surface area contributed by atoms with Gasteiger partial charge in [-0.2, -0.15) is 0 Å². The first-order chi connectivity index (χ1) is 6.27. The Morgan fingerprint density at radius 1 is 1.54 bits per heavy atom. The third-order valence-corrected chi connectivity index (χ3v) is 3.12. The zero-order chi connectivity index (χ0) is 9.31. The highest BCUT2D eigenvalue weighted by atomic mass is 16.3. The van der Waals surface area contributed by atoms with Crippen LogP contribution in [0.1, 0.15) is 30.5 Å². The fraction of sp³-hybridized carbons (Fsp3) is 0.545. The Morgan fingerprint density at radius 3 is 2.77 bits per heavy atom. The smallest absolute Gasteiger partial charge is 0.0527 e. The van der Waals surface area contributed by atoms with Crippen molar-refractivity contribution in [2.24, 2.45) is 0 Å². The van der Waals surface area contributed by atoms with Gasteiger partial charge in [0, 0.05) is 17.3 Å². The molecule has 0 amide bonds. The lowest BCUT2D eigenvalue weighted by molar-refractivity contribution is 0.120. The minimum Gasteiger partial charge on any atom is -0.395 e. The molecule has 1 aliphatic rings. The number of nitrogens with zero attached hydrogens (tertiary/aromatic N) is 1. The van der Waals surface area contributed by atoms with Crippen LogP contribution in [0.2, 0.25) is 0 Å². The van der Waals surface area contributed by atoms with Crippen molar-refractivity contribution in [1.29, 1.82) is 0 Å². The molecule has 1 fully saturated rings. The van der Waals surface area contributed by atoms with E-state index < -0.39 is 0 Å². The van der Waals surface area contributed by atoms with Gasteiger partial charge in [0.05, 0.1) is 6.61 Å². The molecule has 0 bridgehead atoms. The topological polar surface area (TPSA) is 33.1 Å². The van der Waals surface area contributed by atoms with Crippen molar-refractivity contribution >= 4 is 0 Å². The fourth-order valence-corrected chi connectivity index (χ4v) is 2.02. The third-order valence-electron chi connectivity index (χ3n) is 3.12. The molecule has 0 spiro atoms. The maximum absolute atomic E-state index is 9.36. The van der Waals surface area contributed by atoms with Gasteiger partial charge < -0.3 is 5.11 Å². The van der Waals surface area contributed by atoms with Gasteiger partial charge in [0.2, 0.25) is 0 Å². The highest BCUT2D eigenvalue weighted by molar-refractivity contribution is 5.28. The third kappa shape index (κ3) is 1.35. The van der Waals surface area contributed by atoms with Crippen molar-refractivity contribution < 1.29 is 5.11 Å². The van der Waals surface area contributed by atoms with E-state index in [-0.39, 0.29) is 12.0 Å². The summed E-state index contributed by atoms with van der Waals surface area (Å²) in [5.74, 6) is 0. The van der Waals surface area contributed by atoms with Crippen LogP contribution in [0, 0.1) is 6.92 Å². The van der Waals surface area contributed by atoms with Crippen LogP contribution in [0.5, 0.6) is 0 Å². The molecule has 1 aromatic heterocycles. The molecule has 1 saturated carbocycles. The Kier molecular flexibility index (Phi) is 2.08. The Bertz CT molecular complexity index is 299. The standard InChI is InChI=1S/C11H15NO/c1-9-7-10(3-6-12-9)11(8-13)4-2-5-11/h3,6-7,13H,2,4-5,8H2,1H3. The molecule has 0 aromatic carbocycles. The van der Waals surface area contributed by atoms with Crippen LogP contribution in [-0.2, 0) is 5.41 Å². The van der Waals surface area contributed by atoms with Crippen LogP contribution in [0.15, 0.2) is 18.3 Å². The second-order valence-corrected chi connectivity index (χ2v) is 3.98. The maximum Gasteiger partial charge on any atom is 0.0527 e. The van der Waals surface area contributed by atoms with E-state index in [4.69, 9.17) is 0 Å². The molecule has 0 unspecified atom stereocenters. The molecule has 1 heterocycles. The van der Waals surface area contributed by atoms with Gasteiger partial charge in [0.25, 0.3) is 0 Å². The molecule has 1 aliphatic carbocycles. The Balaban J connectivity index is 2.33. The van der Waals surface area contributed by atoms with Crippen LogP contribution in [0.3, 0.4) is 0 Å². The minimum atomic E-state index is 0.0632. The summed E-state index contributed by atoms with van der Waals surface area (Å²) in [5.41, 5.74) is 2.36. The van der Waals surface area contributed by atoms with Gasteiger partial charge in [-0.25, -0.2) is 0 Å². The Labute approximate surface area is 78.6 Å². The zero-order valence-electron chi connectivity index (χ0n) is 7.95. The first kappa shape index (κ1) is 8.70. The predicted molar refractivity (Wildman–Crippen MR) is 51.6 cm³/mol. The molecule has 2 heteroatoms. The molecule has 0 atom stereocenters. The number of aliphatic hydroxyl groups is 1. The molecular weight excluding hydrogens is 162 g/mol. The van der Waals surface area contributed by atoms with E-state index in [2.05, 4.69) is 11.1 Å². The summed E-state index contributed by atoms with van der Waals surface area (Å²) in [6.45, 7) is 2.27. The van der Waals surface area contributed by atoms with E-state index in [0.29, 0.717) is 0 Å². The van der Waals surface area contributed by atoms with Crippen molar-refractivity contribution in [1.82, 2.24) is 4.98 Å². The summed E-state index contributed by atoms with van der Waals surface area (Å²) in [4.78, 5) is 4.16. The van der Waals surface area contributed by atoms with E-state index in [1.54, 1.807) is 0 Å². The number of hydrogen-bond donors (Lipinski definition) is 1. The zero-order valence-corrected chi connectivity index (χ0v) is 7.95. The molecule has 0 radical (unpaired) electrons. The summed E-state index contributed by atoms with van der Waals surface area (Å²) >= 11 is 0. The molecule has 1 aromatic rings. The summed E-state index contributed by atoms with van der Waals surface area (Å²) in [6.07, 6.45) is 5.31. The van der Waals surface area contributed by atoms with E-state index >= 15 is 0 Å². The second-order valence-electron chi connectivity index (χ2n) is 3.98. The first-order valence-electron chi connectivity index (χ1n) is 4.81. The molecule has 1 N–H and O–H groups in total. The molecule has 0 saturated heterocycles. The van der Waals surface area contributed by atoms with E-state index in [0.717, 1.165) is 18.5 Å². The summed E-state index contributed by atoms with van der Waals surface area (Å²) in [5, 5.41) is 9.36. The van der Waals surface area contributed by atoms with Gasteiger partial charge in [-0.15, -0.1) is 0 Å². The number of aryl methyl sites for hydroxylation is 1. The second kappa shape index (κ2) is 3.11. The number of pyridine rings is 1. The lowest BCUT2D eigenvalue weighted by Gasteiger charge is -2.40. The van der Waals surface area contributed by atoms with Crippen molar-refractivity contribution in [2.75, 3.05) is 6.61 Å². The van der Waals surface area contributed by atoms with E-state index in [1.807, 2.05) is 19.2 Å². The number of aliphatic hydroxyl groups excluding tert-OH is 1. The number of aromatic nitrogens is 1. The van der Waals surface area contributed by atoms with Crippen molar-refractivity contribution in [2.45, 2.75) is 31.6 Å². The molecule has 13 heavy (non-hydrogen) atoms. The van der Waals surface area contributed by atoms with Gasteiger partial charge in [-0.05, 0) is 37.5 Å².